The summed E-state index contributed by atoms with van der Waals surface area (Å²) in [5, 5.41) is 2.68. The van der Waals surface area contributed by atoms with Crippen LogP contribution in [0.2, 0.25) is 0 Å². The molecule has 1 rings (SSSR count). The summed E-state index contributed by atoms with van der Waals surface area (Å²) in [6, 6.07) is 0. The van der Waals surface area contributed by atoms with Crippen LogP contribution < -0.4 is 22.4 Å². The van der Waals surface area contributed by atoms with Crippen molar-refractivity contribution in [1.29, 1.82) is 0 Å². The van der Waals surface area contributed by atoms with Crippen molar-refractivity contribution < 1.29 is 47.7 Å². The number of hydrogen-bond acceptors (Lipinski definition) is 13. The Labute approximate surface area is 380 Å². The molecule has 0 saturated heterocycles. The van der Waals surface area contributed by atoms with Crippen LogP contribution >= 0.6 is 0 Å². The summed E-state index contributed by atoms with van der Waals surface area (Å²) in [6.07, 6.45) is 18.5. The summed E-state index contributed by atoms with van der Waals surface area (Å²) in [5.74, 6) is -0.916. The van der Waals surface area contributed by atoms with Crippen LogP contribution in [-0.2, 0) is 62.5 Å². The second-order valence-electron chi connectivity index (χ2n) is 16.3. The van der Waals surface area contributed by atoms with Crippen LogP contribution in [0.25, 0.3) is 0 Å². The predicted octanol–water partition coefficient (Wildman–Crippen LogP) is 7.66. The standard InChI is InChI=1S/C47H82N4O13/c1-4-35-60-40(52)27-19-11-7-15-23-31-48-44(56)64-39-38-63-43(55)30-22-14-10-18-26-34-51-46(58)49(32-24-16-8-12-20-28-41(53)61-36-5-2)45(57)50(47(51)59)33-25-17-9-13-21-29-42(54)62-37-6-3/h4-39H2,1-3H3,(H,48,56). The molecule has 17 nitrogen and oxygen atoms in total. The summed E-state index contributed by atoms with van der Waals surface area (Å²) in [6.45, 7) is 8.15. The minimum absolute atomic E-state index is 0.0320. The van der Waals surface area contributed by atoms with Crippen molar-refractivity contribution in [2.45, 2.75) is 214 Å². The van der Waals surface area contributed by atoms with Crippen molar-refractivity contribution in [1.82, 2.24) is 19.0 Å². The third kappa shape index (κ3) is 29.1. The van der Waals surface area contributed by atoms with Crippen LogP contribution in [0.1, 0.15) is 194 Å². The number of carbonyl (C=O) groups excluding carboxylic acids is 5. The minimum atomic E-state index is -0.602. The number of unbranched alkanes of at least 4 members (excludes halogenated alkanes) is 16. The van der Waals surface area contributed by atoms with E-state index in [1.807, 2.05) is 20.8 Å². The number of nitrogens with one attached hydrogen (secondary N) is 1. The number of aromatic nitrogens is 3. The lowest BCUT2D eigenvalue weighted by Gasteiger charge is -2.14. The van der Waals surface area contributed by atoms with E-state index in [1.54, 1.807) is 0 Å². The van der Waals surface area contributed by atoms with Gasteiger partial charge in [-0.05, 0) is 70.6 Å². The van der Waals surface area contributed by atoms with E-state index in [0.29, 0.717) is 71.3 Å². The monoisotopic (exact) mass is 911 g/mol. The van der Waals surface area contributed by atoms with Crippen LogP contribution in [0.3, 0.4) is 0 Å². The van der Waals surface area contributed by atoms with E-state index in [2.05, 4.69) is 5.32 Å². The van der Waals surface area contributed by atoms with E-state index < -0.39 is 23.2 Å². The number of hydrogen-bond donors (Lipinski definition) is 1. The van der Waals surface area contributed by atoms with Crippen LogP contribution in [0.4, 0.5) is 4.79 Å². The number of ether oxygens (including phenoxy) is 5. The average molecular weight is 911 g/mol. The molecule has 0 radical (unpaired) electrons. The van der Waals surface area contributed by atoms with Gasteiger partial charge in [0.15, 0.2) is 0 Å². The highest BCUT2D eigenvalue weighted by molar-refractivity contribution is 5.70. The van der Waals surface area contributed by atoms with Gasteiger partial charge < -0.3 is 29.0 Å². The largest absolute Gasteiger partial charge is 0.466 e. The van der Waals surface area contributed by atoms with Gasteiger partial charge in [-0.15, -0.1) is 0 Å². The van der Waals surface area contributed by atoms with Crippen LogP contribution in [0, 0.1) is 0 Å². The Balaban J connectivity index is 2.47. The molecule has 17 heteroatoms. The summed E-state index contributed by atoms with van der Waals surface area (Å²) >= 11 is 0. The molecule has 0 fully saturated rings. The number of amides is 1. The van der Waals surface area contributed by atoms with Crippen LogP contribution in [0.5, 0.6) is 0 Å². The molecule has 1 N–H and O–H groups in total. The lowest BCUT2D eigenvalue weighted by Crippen LogP contribution is -2.54. The van der Waals surface area contributed by atoms with Gasteiger partial charge in [-0.1, -0.05) is 97.8 Å². The van der Waals surface area contributed by atoms with Gasteiger partial charge in [0.2, 0.25) is 0 Å². The Kier molecular flexibility index (Phi) is 35.1. The summed E-state index contributed by atoms with van der Waals surface area (Å²) in [4.78, 5) is 99.6. The van der Waals surface area contributed by atoms with Gasteiger partial charge in [-0.25, -0.2) is 32.9 Å². The smallest absolute Gasteiger partial charge is 0.407 e. The van der Waals surface area contributed by atoms with E-state index in [0.717, 1.165) is 122 Å². The molecule has 0 spiro atoms. The van der Waals surface area contributed by atoms with Gasteiger partial charge in [0.25, 0.3) is 0 Å². The van der Waals surface area contributed by atoms with Gasteiger partial charge >= 0.3 is 47.0 Å². The Morgan fingerprint density at radius 2 is 0.625 bits per heavy atom. The molecular formula is C47H82N4O13. The molecule has 1 heterocycles. The van der Waals surface area contributed by atoms with E-state index in [1.165, 1.54) is 13.7 Å². The average Bonchev–Trinajstić information content (AvgIpc) is 3.28. The van der Waals surface area contributed by atoms with Gasteiger partial charge in [-0.3, -0.25) is 19.2 Å². The number of nitrogens with zero attached hydrogens (tertiary/aromatic N) is 3. The minimum Gasteiger partial charge on any atom is -0.466 e. The highest BCUT2D eigenvalue weighted by atomic mass is 16.6. The molecule has 0 unspecified atom stereocenters. The quantitative estimate of drug-likeness (QED) is 0.0381. The van der Waals surface area contributed by atoms with Crippen molar-refractivity contribution in [3.63, 3.8) is 0 Å². The fourth-order valence-corrected chi connectivity index (χ4v) is 6.86. The third-order valence-corrected chi connectivity index (χ3v) is 10.5. The van der Waals surface area contributed by atoms with Gasteiger partial charge in [0.1, 0.15) is 13.2 Å². The second kappa shape index (κ2) is 39.0. The molecule has 0 atom stereocenters. The Hall–Kier alpha value is -4.44. The number of alkyl carbamates (subject to hydrolysis) is 1. The maximum atomic E-state index is 13.5. The van der Waals surface area contributed by atoms with Crippen molar-refractivity contribution in [3.8, 4) is 0 Å². The first-order chi connectivity index (χ1) is 31.0. The van der Waals surface area contributed by atoms with E-state index in [-0.39, 0.29) is 63.1 Å². The molecule has 1 amide bonds. The first-order valence-corrected chi connectivity index (χ1v) is 24.5. The zero-order valence-corrected chi connectivity index (χ0v) is 39.6. The SMILES string of the molecule is CCCOC(=O)CCCCCCCNC(=O)OCCOC(=O)CCCCCCCn1c(=O)n(CCCCCCCC(=O)OCCC)c(=O)n(CCCCCCCC(=O)OCCC)c1=O. The molecule has 0 aliphatic heterocycles. The molecule has 0 bridgehead atoms. The highest BCUT2D eigenvalue weighted by Gasteiger charge is 2.16. The second-order valence-corrected chi connectivity index (χ2v) is 16.3. The molecule has 1 aromatic heterocycles. The van der Waals surface area contributed by atoms with Crippen LogP contribution in [0.15, 0.2) is 14.4 Å². The number of carbonyl (C=O) groups is 5. The Bertz CT molecular complexity index is 1550. The fraction of sp³-hybridized carbons (Fsp3) is 0.830. The highest BCUT2D eigenvalue weighted by Crippen LogP contribution is 2.10. The maximum absolute atomic E-state index is 13.5. The van der Waals surface area contributed by atoms with Gasteiger partial charge in [0.05, 0.1) is 19.8 Å². The van der Waals surface area contributed by atoms with Gasteiger partial charge in [-0.2, -0.15) is 0 Å². The molecule has 0 aliphatic carbocycles. The third-order valence-electron chi connectivity index (χ3n) is 10.5. The molecular weight excluding hydrogens is 829 g/mol. The van der Waals surface area contributed by atoms with Crippen molar-refractivity contribution in [2.24, 2.45) is 0 Å². The van der Waals surface area contributed by atoms with Crippen molar-refractivity contribution in [2.75, 3.05) is 39.6 Å². The summed E-state index contributed by atoms with van der Waals surface area (Å²) in [7, 11) is 0. The molecule has 0 saturated carbocycles. The summed E-state index contributed by atoms with van der Waals surface area (Å²) < 4.78 is 29.1. The molecule has 1 aromatic rings. The molecule has 368 valence electrons. The van der Waals surface area contributed by atoms with Crippen molar-refractivity contribution >= 4 is 30.0 Å². The molecule has 64 heavy (non-hydrogen) atoms. The zero-order chi connectivity index (χ0) is 47.0. The van der Waals surface area contributed by atoms with E-state index in [9.17, 15) is 38.4 Å². The fourth-order valence-electron chi connectivity index (χ4n) is 6.86. The zero-order valence-electron chi connectivity index (χ0n) is 39.6. The first-order valence-electron chi connectivity index (χ1n) is 24.5. The topological polar surface area (TPSA) is 210 Å². The molecule has 0 aromatic carbocycles. The van der Waals surface area contributed by atoms with Crippen LogP contribution in [-0.4, -0.2) is 83.3 Å². The van der Waals surface area contributed by atoms with E-state index >= 15 is 0 Å². The predicted molar refractivity (Wildman–Crippen MR) is 244 cm³/mol. The van der Waals surface area contributed by atoms with Crippen molar-refractivity contribution in [3.05, 3.63) is 31.5 Å². The number of rotatable bonds is 41. The van der Waals surface area contributed by atoms with Gasteiger partial charge in [0, 0.05) is 51.9 Å². The lowest BCUT2D eigenvalue weighted by atomic mass is 10.1. The van der Waals surface area contributed by atoms with E-state index in [4.69, 9.17) is 23.7 Å². The Morgan fingerprint density at radius 1 is 0.359 bits per heavy atom. The summed E-state index contributed by atoms with van der Waals surface area (Å²) in [5.41, 5.74) is -1.80. The normalized spacial score (nSPS) is 11.0. The number of esters is 4. The molecule has 0 aliphatic rings. The first kappa shape index (κ1) is 57.6. The maximum Gasteiger partial charge on any atom is 0.407 e. The Morgan fingerprint density at radius 3 is 0.953 bits per heavy atom. The lowest BCUT2D eigenvalue weighted by molar-refractivity contribution is -0.145.